The number of hydrogen-bond donors (Lipinski definition) is 2. The van der Waals surface area contributed by atoms with Crippen molar-refractivity contribution in [2.24, 2.45) is 0 Å². The quantitative estimate of drug-likeness (QED) is 0.661. The van der Waals surface area contributed by atoms with Crippen molar-refractivity contribution >= 4 is 16.9 Å². The second kappa shape index (κ2) is 7.98. The van der Waals surface area contributed by atoms with Gasteiger partial charge in [-0.05, 0) is 44.4 Å². The number of rotatable bonds is 6. The fourth-order valence-electron chi connectivity index (χ4n) is 3.64. The number of benzene rings is 1. The number of hydrogen-bond acceptors (Lipinski definition) is 5. The van der Waals surface area contributed by atoms with Crippen LogP contribution in [0.4, 0.5) is 0 Å². The Morgan fingerprint density at radius 2 is 2.10 bits per heavy atom. The van der Waals surface area contributed by atoms with Gasteiger partial charge in [-0.1, -0.05) is 0 Å². The van der Waals surface area contributed by atoms with Crippen LogP contribution < -0.4 is 21.3 Å². The van der Waals surface area contributed by atoms with E-state index >= 15 is 0 Å². The van der Waals surface area contributed by atoms with Crippen molar-refractivity contribution in [3.05, 3.63) is 62.1 Å². The first-order valence-corrected chi connectivity index (χ1v) is 9.81. The predicted octanol–water partition coefficient (Wildman–Crippen LogP) is 1.88. The molecule has 0 radical (unpaired) electrons. The van der Waals surface area contributed by atoms with Gasteiger partial charge in [0, 0.05) is 36.7 Å². The van der Waals surface area contributed by atoms with Crippen molar-refractivity contribution in [1.29, 1.82) is 0 Å². The van der Waals surface area contributed by atoms with Crippen LogP contribution in [0.15, 0.2) is 38.4 Å². The van der Waals surface area contributed by atoms with Crippen molar-refractivity contribution in [3.8, 4) is 5.75 Å². The van der Waals surface area contributed by atoms with E-state index in [2.05, 4.69) is 10.3 Å². The van der Waals surface area contributed by atoms with Crippen LogP contribution in [0.5, 0.6) is 5.75 Å². The third-order valence-corrected chi connectivity index (χ3v) is 5.20. The van der Waals surface area contributed by atoms with Gasteiger partial charge in [-0.2, -0.15) is 0 Å². The molecule has 2 heterocycles. The maximum atomic E-state index is 12.1. The fraction of sp³-hybridized carbons (Fsp3) is 0.381. The lowest BCUT2D eigenvalue weighted by atomic mass is 9.96. The van der Waals surface area contributed by atoms with Crippen LogP contribution in [0.1, 0.15) is 36.7 Å². The predicted molar refractivity (Wildman–Crippen MR) is 107 cm³/mol. The lowest BCUT2D eigenvalue weighted by molar-refractivity contribution is -0.123. The molecule has 0 saturated heterocycles. The SMILES string of the molecule is CCn1cc(CNC(=O)COc2ccc3oc4c(c3c2)CCCC4)c(=O)[nH]c1=O. The summed E-state index contributed by atoms with van der Waals surface area (Å²) < 4.78 is 12.9. The second-order valence-electron chi connectivity index (χ2n) is 7.13. The van der Waals surface area contributed by atoms with Crippen molar-refractivity contribution in [3.63, 3.8) is 0 Å². The van der Waals surface area contributed by atoms with E-state index in [4.69, 9.17) is 9.15 Å². The molecule has 1 aromatic carbocycles. The molecule has 8 nitrogen and oxygen atoms in total. The Bertz CT molecular complexity index is 1170. The van der Waals surface area contributed by atoms with Crippen LogP contribution in [-0.2, 0) is 30.7 Å². The molecule has 1 aliphatic rings. The van der Waals surface area contributed by atoms with Gasteiger partial charge >= 0.3 is 5.69 Å². The number of fused-ring (bicyclic) bond motifs is 3. The number of aromatic nitrogens is 2. The summed E-state index contributed by atoms with van der Waals surface area (Å²) in [7, 11) is 0. The minimum Gasteiger partial charge on any atom is -0.484 e. The molecule has 152 valence electrons. The summed E-state index contributed by atoms with van der Waals surface area (Å²) in [5, 5.41) is 3.69. The van der Waals surface area contributed by atoms with Crippen molar-refractivity contribution in [1.82, 2.24) is 14.9 Å². The van der Waals surface area contributed by atoms with Crippen LogP contribution in [0.2, 0.25) is 0 Å². The first kappa shape index (κ1) is 19.0. The zero-order valence-electron chi connectivity index (χ0n) is 16.2. The van der Waals surface area contributed by atoms with Gasteiger partial charge in [-0.15, -0.1) is 0 Å². The number of aromatic amines is 1. The maximum absolute atomic E-state index is 12.1. The van der Waals surface area contributed by atoms with E-state index in [1.807, 2.05) is 12.1 Å². The van der Waals surface area contributed by atoms with E-state index < -0.39 is 11.2 Å². The Balaban J connectivity index is 1.39. The molecular weight excluding hydrogens is 374 g/mol. The summed E-state index contributed by atoms with van der Waals surface area (Å²) in [6, 6.07) is 5.57. The molecule has 0 bridgehead atoms. The molecule has 0 fully saturated rings. The number of carbonyl (C=O) groups is 1. The summed E-state index contributed by atoms with van der Waals surface area (Å²) >= 11 is 0. The lowest BCUT2D eigenvalue weighted by Crippen LogP contribution is -2.35. The number of ether oxygens (including phenoxy) is 1. The average molecular weight is 397 g/mol. The number of amides is 1. The Morgan fingerprint density at radius 3 is 2.93 bits per heavy atom. The molecule has 29 heavy (non-hydrogen) atoms. The van der Waals surface area contributed by atoms with Gasteiger partial charge in [0.1, 0.15) is 17.1 Å². The van der Waals surface area contributed by atoms with E-state index in [1.54, 1.807) is 13.0 Å². The van der Waals surface area contributed by atoms with E-state index in [0.717, 1.165) is 42.4 Å². The van der Waals surface area contributed by atoms with Gasteiger partial charge in [0.15, 0.2) is 6.61 Å². The summed E-state index contributed by atoms with van der Waals surface area (Å²) in [6.45, 7) is 2.08. The Morgan fingerprint density at radius 1 is 1.28 bits per heavy atom. The van der Waals surface area contributed by atoms with Gasteiger partial charge in [0.25, 0.3) is 11.5 Å². The van der Waals surface area contributed by atoms with Gasteiger partial charge in [0.05, 0.1) is 5.56 Å². The maximum Gasteiger partial charge on any atom is 0.328 e. The lowest BCUT2D eigenvalue weighted by Gasteiger charge is -2.10. The molecule has 0 saturated carbocycles. The third kappa shape index (κ3) is 3.96. The van der Waals surface area contributed by atoms with Crippen molar-refractivity contribution < 1.29 is 13.9 Å². The molecule has 0 spiro atoms. The molecule has 2 aromatic heterocycles. The molecule has 8 heteroatoms. The zero-order valence-corrected chi connectivity index (χ0v) is 16.2. The third-order valence-electron chi connectivity index (χ3n) is 5.20. The number of nitrogens with one attached hydrogen (secondary N) is 2. The smallest absolute Gasteiger partial charge is 0.328 e. The second-order valence-corrected chi connectivity index (χ2v) is 7.13. The normalized spacial score (nSPS) is 13.3. The highest BCUT2D eigenvalue weighted by Crippen LogP contribution is 2.33. The van der Waals surface area contributed by atoms with Gasteiger partial charge in [0.2, 0.25) is 0 Å². The Hall–Kier alpha value is -3.29. The molecule has 4 rings (SSSR count). The molecule has 0 aliphatic heterocycles. The molecule has 1 aliphatic carbocycles. The molecule has 2 N–H and O–H groups in total. The Kier molecular flexibility index (Phi) is 5.24. The molecule has 1 amide bonds. The minimum atomic E-state index is -0.504. The monoisotopic (exact) mass is 397 g/mol. The highest BCUT2D eigenvalue weighted by Gasteiger charge is 2.18. The van der Waals surface area contributed by atoms with Crippen LogP contribution in [0.3, 0.4) is 0 Å². The van der Waals surface area contributed by atoms with Crippen molar-refractivity contribution in [2.75, 3.05) is 6.61 Å². The van der Waals surface area contributed by atoms with E-state index in [-0.39, 0.29) is 19.1 Å². The first-order valence-electron chi connectivity index (χ1n) is 9.81. The largest absolute Gasteiger partial charge is 0.484 e. The van der Waals surface area contributed by atoms with Gasteiger partial charge in [-0.25, -0.2) is 4.79 Å². The van der Waals surface area contributed by atoms with E-state index in [1.165, 1.54) is 16.3 Å². The summed E-state index contributed by atoms with van der Waals surface area (Å²) in [4.78, 5) is 37.8. The number of H-pyrrole nitrogens is 1. The van der Waals surface area contributed by atoms with Crippen LogP contribution >= 0.6 is 0 Å². The Labute approximate surface area is 166 Å². The summed E-state index contributed by atoms with van der Waals surface area (Å²) in [6.07, 6.45) is 5.72. The molecular formula is C21H23N3O5. The highest BCUT2D eigenvalue weighted by molar-refractivity contribution is 5.84. The van der Waals surface area contributed by atoms with Crippen LogP contribution in [-0.4, -0.2) is 22.1 Å². The summed E-state index contributed by atoms with van der Waals surface area (Å²) in [5.41, 5.74) is 1.43. The van der Waals surface area contributed by atoms with Crippen LogP contribution in [0.25, 0.3) is 11.0 Å². The zero-order chi connectivity index (χ0) is 20.4. The van der Waals surface area contributed by atoms with Gasteiger partial charge in [-0.3, -0.25) is 14.6 Å². The average Bonchev–Trinajstić information content (AvgIpc) is 3.09. The number of aryl methyl sites for hydroxylation is 3. The van der Waals surface area contributed by atoms with E-state index in [9.17, 15) is 14.4 Å². The van der Waals surface area contributed by atoms with E-state index in [0.29, 0.717) is 17.9 Å². The standard InChI is InChI=1S/C21H23N3O5/c1-2-24-11-13(20(26)23-21(24)27)10-22-19(25)12-28-14-7-8-18-16(9-14)15-5-3-4-6-17(15)29-18/h7-9,11H,2-6,10,12H2,1H3,(H,22,25)(H,23,26,27). The molecule has 0 unspecified atom stereocenters. The minimum absolute atomic E-state index is 0.0199. The van der Waals surface area contributed by atoms with Gasteiger partial charge < -0.3 is 19.0 Å². The summed E-state index contributed by atoms with van der Waals surface area (Å²) in [5.74, 6) is 1.30. The first-order chi connectivity index (χ1) is 14.0. The highest BCUT2D eigenvalue weighted by atomic mass is 16.5. The fourth-order valence-corrected chi connectivity index (χ4v) is 3.64. The number of furan rings is 1. The number of carbonyl (C=O) groups excluding carboxylic acids is 1. The number of nitrogens with zero attached hydrogens (tertiary/aromatic N) is 1. The molecule has 3 aromatic rings. The molecule has 0 atom stereocenters. The topological polar surface area (TPSA) is 106 Å². The van der Waals surface area contributed by atoms with Crippen LogP contribution in [0, 0.1) is 0 Å². The van der Waals surface area contributed by atoms with Crippen molar-refractivity contribution in [2.45, 2.75) is 45.7 Å².